The van der Waals surface area contributed by atoms with E-state index < -0.39 is 0 Å². The summed E-state index contributed by atoms with van der Waals surface area (Å²) in [5.74, 6) is 1.16. The molecular formula is C18H27IN4O. The highest BCUT2D eigenvalue weighted by molar-refractivity contribution is 14.1. The Kier molecular flexibility index (Phi) is 4.76. The quantitative estimate of drug-likeness (QED) is 0.668. The molecule has 24 heavy (non-hydrogen) atoms. The number of halogens is 1. The van der Waals surface area contributed by atoms with Crippen LogP contribution in [0.1, 0.15) is 29.8 Å². The number of hydrogen-bond donors (Lipinski definition) is 0. The summed E-state index contributed by atoms with van der Waals surface area (Å²) in [6.45, 7) is 3.10. The van der Waals surface area contributed by atoms with E-state index in [-0.39, 0.29) is 24.2 Å². The van der Waals surface area contributed by atoms with E-state index in [0.717, 1.165) is 45.3 Å². The molecule has 2 fully saturated rings. The van der Waals surface area contributed by atoms with Crippen molar-refractivity contribution in [1.82, 2.24) is 14.8 Å². The van der Waals surface area contributed by atoms with E-state index in [1.54, 1.807) is 0 Å². The second kappa shape index (κ2) is 7.99. The molecule has 6 heteroatoms. The lowest BCUT2D eigenvalue weighted by Crippen LogP contribution is -2.53. The molecule has 0 atom stereocenters. The summed E-state index contributed by atoms with van der Waals surface area (Å²) in [5, 5.41) is 0. The number of hydrogen-bond acceptors (Lipinski definition) is 4. The molecule has 0 unspecified atom stereocenters. The lowest BCUT2D eigenvalue weighted by Gasteiger charge is -2.41. The molecular weight excluding hydrogens is 415 g/mol. The first-order valence-corrected chi connectivity index (χ1v) is 9.68. The van der Waals surface area contributed by atoms with Gasteiger partial charge in [0.25, 0.3) is 0 Å². The number of rotatable bonds is 4. The van der Waals surface area contributed by atoms with Crippen LogP contribution in [0.5, 0.6) is 0 Å². The molecule has 0 radical (unpaired) electrons. The topological polar surface area (TPSA) is 39.7 Å². The zero-order valence-corrected chi connectivity index (χ0v) is 16.5. The van der Waals surface area contributed by atoms with Gasteiger partial charge in [0.2, 0.25) is 5.91 Å². The lowest BCUT2D eigenvalue weighted by atomic mass is 9.84. The van der Waals surface area contributed by atoms with E-state index in [0.29, 0.717) is 27.9 Å². The van der Waals surface area contributed by atoms with Crippen molar-refractivity contribution in [3.8, 4) is 0 Å². The number of likely N-dealkylation sites (N-methyl/N-ethyl adjacent to an activating group) is 1. The summed E-state index contributed by atoms with van der Waals surface area (Å²) in [6, 6.07) is 0.676. The average Bonchev–Trinajstić information content (AvgIpc) is 2.65. The molecule has 0 aromatic carbocycles. The number of nitrogens with zero attached hydrogens (tertiary/aromatic N) is 4. The van der Waals surface area contributed by atoms with Gasteiger partial charge in [-0.05, 0) is 66.3 Å². The highest BCUT2D eigenvalue weighted by Gasteiger charge is 2.30. The van der Waals surface area contributed by atoms with Crippen LogP contribution in [0, 0.1) is 9.49 Å². The number of amides is 1. The zero-order chi connectivity index (χ0) is 19.7. The lowest BCUT2D eigenvalue weighted by molar-refractivity contribution is -0.135. The normalized spacial score (nSPS) is 27.5. The van der Waals surface area contributed by atoms with E-state index in [2.05, 4.69) is 9.88 Å². The van der Waals surface area contributed by atoms with Gasteiger partial charge in [-0.2, -0.15) is 0 Å². The summed E-state index contributed by atoms with van der Waals surface area (Å²) >= 11 is 1.91. The van der Waals surface area contributed by atoms with Crippen LogP contribution in [0.4, 0.5) is 5.82 Å². The van der Waals surface area contributed by atoms with Crippen LogP contribution in [0.25, 0.3) is 0 Å². The molecule has 5 nitrogen and oxygen atoms in total. The Bertz CT molecular complexity index is 712. The van der Waals surface area contributed by atoms with E-state index in [1.165, 1.54) is 0 Å². The van der Waals surface area contributed by atoms with Crippen LogP contribution in [0.3, 0.4) is 0 Å². The molecule has 1 amide bonds. The number of aromatic nitrogens is 1. The molecule has 0 N–H and O–H groups in total. The van der Waals surface area contributed by atoms with Crippen LogP contribution in [-0.2, 0) is 4.79 Å². The molecule has 0 bridgehead atoms. The second-order valence-corrected chi connectivity index (χ2v) is 8.03. The van der Waals surface area contributed by atoms with Gasteiger partial charge in [-0.1, -0.05) is 0 Å². The third kappa shape index (κ3) is 4.39. The van der Waals surface area contributed by atoms with Crippen LogP contribution in [0.2, 0.25) is 0 Å². The maximum absolute atomic E-state index is 11.9. The molecule has 0 spiro atoms. The minimum absolute atomic E-state index is 0.0712. The van der Waals surface area contributed by atoms with E-state index in [9.17, 15) is 4.79 Å². The van der Waals surface area contributed by atoms with Gasteiger partial charge < -0.3 is 9.80 Å². The summed E-state index contributed by atoms with van der Waals surface area (Å²) in [5.41, 5.74) is 0. The van der Waals surface area contributed by atoms with E-state index >= 15 is 0 Å². The molecule has 132 valence electrons. The third-order valence-electron chi connectivity index (χ3n) is 5.26. The van der Waals surface area contributed by atoms with Gasteiger partial charge in [0.15, 0.2) is 0 Å². The maximum atomic E-state index is 11.9. The zero-order valence-electron chi connectivity index (χ0n) is 17.4. The first kappa shape index (κ1) is 14.3. The van der Waals surface area contributed by atoms with Gasteiger partial charge in [0.05, 0.1) is 10.7 Å². The molecule has 1 aromatic heterocycles. The smallest absolute Gasteiger partial charge is 0.236 e. The van der Waals surface area contributed by atoms with E-state index in [4.69, 9.17) is 4.11 Å². The maximum Gasteiger partial charge on any atom is 0.236 e. The monoisotopic (exact) mass is 445 g/mol. The van der Waals surface area contributed by atoms with Gasteiger partial charge in [0.1, 0.15) is 5.82 Å². The molecule has 1 aliphatic carbocycles. The van der Waals surface area contributed by atoms with Crippen molar-refractivity contribution in [2.24, 2.45) is 5.92 Å². The minimum Gasteiger partial charge on any atom is -0.359 e. The largest absolute Gasteiger partial charge is 0.359 e. The fourth-order valence-corrected chi connectivity index (χ4v) is 3.96. The Balaban J connectivity index is 1.56. The predicted octanol–water partition coefficient (Wildman–Crippen LogP) is 2.46. The predicted molar refractivity (Wildman–Crippen MR) is 105 cm³/mol. The number of anilines is 1. The first-order chi connectivity index (χ1) is 12.8. The summed E-state index contributed by atoms with van der Waals surface area (Å²) in [7, 11) is 3.77. The van der Waals surface area contributed by atoms with Crippen molar-refractivity contribution in [2.45, 2.75) is 31.7 Å². The minimum atomic E-state index is 0.0712. The number of carbonyl (C=O) groups excluding carboxylic acids is 1. The molecule has 2 aliphatic rings. The Labute approximate surface area is 162 Å². The Morgan fingerprint density at radius 3 is 2.79 bits per heavy atom. The SMILES string of the molecule is [2H]c1nc(N(C)CC2CCC(N3CCN(C)C(=O)C3)CC2)c([2H])c([2H])c1I. The third-order valence-corrected chi connectivity index (χ3v) is 5.77. The van der Waals surface area contributed by atoms with Crippen molar-refractivity contribution in [1.29, 1.82) is 0 Å². The number of piperazine rings is 1. The van der Waals surface area contributed by atoms with Gasteiger partial charge in [-0.15, -0.1) is 0 Å². The Morgan fingerprint density at radius 2 is 2.08 bits per heavy atom. The molecule has 1 aromatic rings. The first-order valence-electron chi connectivity index (χ1n) is 10.1. The summed E-state index contributed by atoms with van der Waals surface area (Å²) in [4.78, 5) is 22.3. The van der Waals surface area contributed by atoms with Crippen LogP contribution in [0.15, 0.2) is 18.3 Å². The van der Waals surface area contributed by atoms with Crippen LogP contribution < -0.4 is 4.90 Å². The molecule has 2 heterocycles. The highest BCUT2D eigenvalue weighted by Crippen LogP contribution is 2.29. The van der Waals surface area contributed by atoms with Crippen molar-refractivity contribution in [2.75, 3.05) is 45.2 Å². The fraction of sp³-hybridized carbons (Fsp3) is 0.667. The molecule has 3 rings (SSSR count). The Hall–Kier alpha value is -0.890. The van der Waals surface area contributed by atoms with Gasteiger partial charge in [-0.3, -0.25) is 9.69 Å². The molecule has 1 saturated heterocycles. The molecule has 1 aliphatic heterocycles. The van der Waals surface area contributed by atoms with Crippen molar-refractivity contribution >= 4 is 34.3 Å². The van der Waals surface area contributed by atoms with Gasteiger partial charge in [0, 0.05) is 49.5 Å². The van der Waals surface area contributed by atoms with Crippen molar-refractivity contribution < 1.29 is 8.91 Å². The van der Waals surface area contributed by atoms with E-state index in [1.807, 2.05) is 46.5 Å². The average molecular weight is 445 g/mol. The van der Waals surface area contributed by atoms with Crippen LogP contribution >= 0.6 is 22.6 Å². The highest BCUT2D eigenvalue weighted by atomic mass is 127. The van der Waals surface area contributed by atoms with Gasteiger partial charge in [-0.25, -0.2) is 4.98 Å². The standard InChI is InChI=1S/C18H27IN4O/c1-21-9-10-23(13-18(21)24)16-6-3-14(4-7-16)12-22(2)17-8-5-15(19)11-20-17/h5,8,11,14,16H,3-4,6-7,9-10,12-13H2,1-2H3/i5D,8D,11D. The van der Waals surface area contributed by atoms with Crippen LogP contribution in [-0.4, -0.2) is 67.0 Å². The number of carbonyl (C=O) groups is 1. The Morgan fingerprint density at radius 1 is 1.33 bits per heavy atom. The summed E-state index contributed by atoms with van der Waals surface area (Å²) < 4.78 is 24.5. The van der Waals surface area contributed by atoms with Crippen molar-refractivity contribution in [3.63, 3.8) is 0 Å². The second-order valence-electron chi connectivity index (χ2n) is 6.95. The van der Waals surface area contributed by atoms with Gasteiger partial charge >= 0.3 is 0 Å². The summed E-state index contributed by atoms with van der Waals surface area (Å²) in [6.07, 6.45) is 4.44. The van der Waals surface area contributed by atoms with Crippen molar-refractivity contribution in [3.05, 3.63) is 21.8 Å². The molecule has 1 saturated carbocycles. The fourth-order valence-electron chi connectivity index (χ4n) is 3.70. The number of pyridine rings is 1.